The van der Waals surface area contributed by atoms with E-state index in [0.717, 1.165) is 48.8 Å². The van der Waals surface area contributed by atoms with Gasteiger partial charge in [0.1, 0.15) is 5.69 Å². The number of benzene rings is 1. The molecule has 0 saturated heterocycles. The Kier molecular flexibility index (Phi) is 6.26. The molecule has 4 nitrogen and oxygen atoms in total. The van der Waals surface area contributed by atoms with Gasteiger partial charge in [-0.25, -0.2) is 9.67 Å². The average molecular weight is 445 g/mol. The zero-order chi connectivity index (χ0) is 22.0. The molecule has 0 atom stereocenters. The summed E-state index contributed by atoms with van der Waals surface area (Å²) in [6, 6.07) is 14.2. The van der Waals surface area contributed by atoms with E-state index in [2.05, 4.69) is 49.0 Å². The van der Waals surface area contributed by atoms with Gasteiger partial charge in [-0.1, -0.05) is 49.3 Å². The van der Waals surface area contributed by atoms with E-state index in [9.17, 15) is 0 Å². The van der Waals surface area contributed by atoms with Crippen molar-refractivity contribution in [1.82, 2.24) is 19.7 Å². The van der Waals surface area contributed by atoms with E-state index in [4.69, 9.17) is 10.1 Å². The molecule has 3 aromatic heterocycles. The number of thioether (sulfide) groups is 1. The quantitative estimate of drug-likeness (QED) is 0.277. The van der Waals surface area contributed by atoms with Crippen molar-refractivity contribution in [3.63, 3.8) is 0 Å². The molecule has 4 rings (SSSR count). The first-order chi connectivity index (χ1) is 14.9. The number of thiazole rings is 1. The predicted octanol–water partition coefficient (Wildman–Crippen LogP) is 6.22. The van der Waals surface area contributed by atoms with Gasteiger partial charge in [-0.2, -0.15) is 5.10 Å². The maximum Gasteiger partial charge on any atom is 0.212 e. The van der Waals surface area contributed by atoms with Crippen LogP contribution in [0, 0.1) is 32.6 Å². The molecule has 6 heteroatoms. The highest BCUT2D eigenvalue weighted by Crippen LogP contribution is 2.34. The first-order valence-corrected chi connectivity index (χ1v) is 11.9. The number of aryl methyl sites for hydroxylation is 3. The second-order valence-electron chi connectivity index (χ2n) is 7.63. The van der Waals surface area contributed by atoms with Crippen LogP contribution in [0.2, 0.25) is 0 Å². The van der Waals surface area contributed by atoms with Crippen LogP contribution in [0.15, 0.2) is 52.9 Å². The third kappa shape index (κ3) is 5.07. The van der Waals surface area contributed by atoms with Crippen LogP contribution in [-0.4, -0.2) is 25.0 Å². The summed E-state index contributed by atoms with van der Waals surface area (Å²) in [5, 5.41) is 6.03. The lowest BCUT2D eigenvalue weighted by molar-refractivity contribution is 0.851. The van der Waals surface area contributed by atoms with E-state index in [1.807, 2.05) is 55.8 Å². The molecule has 0 aliphatic carbocycles. The largest absolute Gasteiger partial charge is 0.258 e. The molecule has 31 heavy (non-hydrogen) atoms. The minimum absolute atomic E-state index is 0.447. The van der Waals surface area contributed by atoms with Crippen molar-refractivity contribution in [3.8, 4) is 28.1 Å². The van der Waals surface area contributed by atoms with Crippen LogP contribution < -0.4 is 0 Å². The van der Waals surface area contributed by atoms with Crippen LogP contribution in [0.4, 0.5) is 0 Å². The minimum atomic E-state index is 0.447. The molecule has 0 fully saturated rings. The third-order valence-corrected chi connectivity index (χ3v) is 6.77. The van der Waals surface area contributed by atoms with Crippen molar-refractivity contribution in [1.29, 1.82) is 0 Å². The van der Waals surface area contributed by atoms with Gasteiger partial charge in [0, 0.05) is 34.0 Å². The highest BCUT2D eigenvalue weighted by atomic mass is 32.2. The lowest BCUT2D eigenvalue weighted by atomic mass is 10.1. The highest BCUT2D eigenvalue weighted by Gasteiger charge is 2.16. The lowest BCUT2D eigenvalue weighted by Crippen LogP contribution is -1.94. The summed E-state index contributed by atoms with van der Waals surface area (Å²) < 4.78 is 3.00. The first kappa shape index (κ1) is 21.4. The Morgan fingerprint density at radius 1 is 0.968 bits per heavy atom. The van der Waals surface area contributed by atoms with Gasteiger partial charge in [0.2, 0.25) is 5.13 Å². The summed E-state index contributed by atoms with van der Waals surface area (Å²) in [4.78, 5) is 9.33. The molecule has 0 spiro atoms. The van der Waals surface area contributed by atoms with E-state index in [1.165, 1.54) is 0 Å². The number of aromatic nitrogens is 4. The summed E-state index contributed by atoms with van der Waals surface area (Å²) in [5.41, 5.74) is 7.00. The van der Waals surface area contributed by atoms with Crippen molar-refractivity contribution in [2.75, 3.05) is 0 Å². The second-order valence-corrected chi connectivity index (χ2v) is 10.4. The van der Waals surface area contributed by atoms with Gasteiger partial charge < -0.3 is 0 Å². The van der Waals surface area contributed by atoms with Gasteiger partial charge in [-0.05, 0) is 56.5 Å². The highest BCUT2D eigenvalue weighted by molar-refractivity contribution is 8.01. The molecule has 1 aromatic carbocycles. The summed E-state index contributed by atoms with van der Waals surface area (Å²) in [7, 11) is 0. The topological polar surface area (TPSA) is 43.6 Å². The molecule has 0 unspecified atom stereocenters. The molecule has 0 amide bonds. The fraction of sp³-hybridized carbons (Fsp3) is 0.240. The Morgan fingerprint density at radius 2 is 1.68 bits per heavy atom. The van der Waals surface area contributed by atoms with Gasteiger partial charge >= 0.3 is 0 Å². The average Bonchev–Trinajstić information content (AvgIpc) is 3.29. The molecule has 0 aliphatic heterocycles. The number of rotatable bonds is 4. The third-order valence-electron chi connectivity index (χ3n) is 4.51. The molecular weight excluding hydrogens is 420 g/mol. The number of pyridine rings is 1. The molecule has 0 saturated carbocycles. The molecule has 4 aromatic rings. The van der Waals surface area contributed by atoms with E-state index < -0.39 is 0 Å². The normalized spacial score (nSPS) is 10.9. The van der Waals surface area contributed by atoms with Gasteiger partial charge in [0.05, 0.1) is 9.90 Å². The first-order valence-electron chi connectivity index (χ1n) is 10.2. The van der Waals surface area contributed by atoms with Crippen molar-refractivity contribution >= 4 is 23.1 Å². The standard InChI is InChI=1S/C25H24N4S2/c1-16(2)30-24-23(12-11-20-9-7-6-8-10-20)27-25(31-24)29-15-22(19(5)28-29)21-13-17(3)26-18(4)14-21/h6-10,13-16H,1-5H3. The van der Waals surface area contributed by atoms with E-state index in [0.29, 0.717) is 5.25 Å². The van der Waals surface area contributed by atoms with Crippen molar-refractivity contribution in [2.24, 2.45) is 0 Å². The van der Waals surface area contributed by atoms with Crippen LogP contribution in [0.5, 0.6) is 0 Å². The fourth-order valence-electron chi connectivity index (χ4n) is 3.25. The summed E-state index contributed by atoms with van der Waals surface area (Å²) >= 11 is 3.43. The molecule has 0 N–H and O–H groups in total. The van der Waals surface area contributed by atoms with Crippen LogP contribution in [0.25, 0.3) is 16.3 Å². The molecule has 0 aliphatic rings. The van der Waals surface area contributed by atoms with E-state index in [1.54, 1.807) is 23.1 Å². The minimum Gasteiger partial charge on any atom is -0.258 e. The monoisotopic (exact) mass is 444 g/mol. The molecular formula is C25H24N4S2. The Balaban J connectivity index is 1.73. The van der Waals surface area contributed by atoms with Gasteiger partial charge in [0.15, 0.2) is 0 Å². The second kappa shape index (κ2) is 9.09. The Hall–Kier alpha value is -2.88. The Morgan fingerprint density at radius 3 is 2.35 bits per heavy atom. The van der Waals surface area contributed by atoms with Gasteiger partial charge in [-0.15, -0.1) is 11.8 Å². The van der Waals surface area contributed by atoms with Crippen LogP contribution in [0.3, 0.4) is 0 Å². The SMILES string of the molecule is Cc1cc(-c2cn(-c3nc(C#Cc4ccccc4)c(SC(C)C)s3)nc2C)cc(C)n1. The smallest absolute Gasteiger partial charge is 0.212 e. The maximum atomic E-state index is 4.84. The molecule has 0 bridgehead atoms. The van der Waals surface area contributed by atoms with Crippen molar-refractivity contribution in [3.05, 3.63) is 77.0 Å². The van der Waals surface area contributed by atoms with Crippen LogP contribution >= 0.6 is 23.1 Å². The van der Waals surface area contributed by atoms with Crippen molar-refractivity contribution < 1.29 is 0 Å². The molecule has 0 radical (unpaired) electrons. The zero-order valence-electron chi connectivity index (χ0n) is 18.3. The maximum absolute atomic E-state index is 4.84. The van der Waals surface area contributed by atoms with E-state index >= 15 is 0 Å². The van der Waals surface area contributed by atoms with Crippen LogP contribution in [0.1, 0.15) is 42.2 Å². The Labute approximate surface area is 191 Å². The summed E-state index contributed by atoms with van der Waals surface area (Å²) in [6.07, 6.45) is 2.06. The van der Waals surface area contributed by atoms with Crippen molar-refractivity contribution in [2.45, 2.75) is 44.1 Å². The fourth-order valence-corrected chi connectivity index (χ4v) is 5.56. The van der Waals surface area contributed by atoms with Gasteiger partial charge in [-0.3, -0.25) is 4.98 Å². The number of hydrogen-bond acceptors (Lipinski definition) is 5. The summed E-state index contributed by atoms with van der Waals surface area (Å²) in [5.74, 6) is 6.51. The van der Waals surface area contributed by atoms with Gasteiger partial charge in [0.25, 0.3) is 0 Å². The predicted molar refractivity (Wildman–Crippen MR) is 130 cm³/mol. The number of hydrogen-bond donors (Lipinski definition) is 0. The van der Waals surface area contributed by atoms with E-state index in [-0.39, 0.29) is 0 Å². The zero-order valence-corrected chi connectivity index (χ0v) is 19.9. The Bertz CT molecular complexity index is 1250. The molecule has 156 valence electrons. The molecule has 3 heterocycles. The lowest BCUT2D eigenvalue weighted by Gasteiger charge is -2.02. The van der Waals surface area contributed by atoms with Crippen LogP contribution in [-0.2, 0) is 0 Å². The summed E-state index contributed by atoms with van der Waals surface area (Å²) in [6.45, 7) is 10.4. The number of nitrogens with zero attached hydrogens (tertiary/aromatic N) is 4.